The normalized spacial score (nSPS) is 10.3. The molecule has 0 saturated heterocycles. The number of carbonyl (C=O) groups is 1. The van der Waals surface area contributed by atoms with Crippen molar-refractivity contribution in [3.8, 4) is 5.75 Å². The van der Waals surface area contributed by atoms with Crippen molar-refractivity contribution >= 4 is 21.7 Å². The third kappa shape index (κ3) is 4.17. The quantitative estimate of drug-likeness (QED) is 0.791. The van der Waals surface area contributed by atoms with Gasteiger partial charge in [0, 0.05) is 12.8 Å². The van der Waals surface area contributed by atoms with E-state index in [2.05, 4.69) is 15.9 Å². The summed E-state index contributed by atoms with van der Waals surface area (Å²) >= 11 is 3.16. The van der Waals surface area contributed by atoms with E-state index in [0.717, 1.165) is 5.75 Å². The zero-order chi connectivity index (χ0) is 14.4. The lowest BCUT2D eigenvalue weighted by molar-refractivity contribution is -0.118. The molecule has 0 N–H and O–H groups in total. The van der Waals surface area contributed by atoms with Gasteiger partial charge in [-0.3, -0.25) is 4.79 Å². The molecule has 0 saturated carbocycles. The Morgan fingerprint density at radius 3 is 2.60 bits per heavy atom. The lowest BCUT2D eigenvalue weighted by Crippen LogP contribution is -2.09. The van der Waals surface area contributed by atoms with Crippen molar-refractivity contribution in [2.24, 2.45) is 0 Å². The van der Waals surface area contributed by atoms with Crippen LogP contribution in [0.2, 0.25) is 0 Å². The fourth-order valence-corrected chi connectivity index (χ4v) is 2.19. The Morgan fingerprint density at radius 1 is 1.10 bits per heavy atom. The molecule has 0 aliphatic heterocycles. The summed E-state index contributed by atoms with van der Waals surface area (Å²) in [6, 6.07) is 14.0. The van der Waals surface area contributed by atoms with E-state index >= 15 is 0 Å². The molecule has 0 atom stereocenters. The zero-order valence-corrected chi connectivity index (χ0v) is 12.4. The molecule has 0 aliphatic carbocycles. The monoisotopic (exact) mass is 336 g/mol. The molecule has 0 aliphatic rings. The number of benzene rings is 2. The molecule has 0 radical (unpaired) electrons. The molecular weight excluding hydrogens is 323 g/mol. The van der Waals surface area contributed by atoms with Gasteiger partial charge in [0.25, 0.3) is 0 Å². The molecule has 0 bridgehead atoms. The number of rotatable bonds is 6. The van der Waals surface area contributed by atoms with Crippen molar-refractivity contribution in [3.63, 3.8) is 0 Å². The summed E-state index contributed by atoms with van der Waals surface area (Å²) < 4.78 is 19.1. The van der Waals surface area contributed by atoms with Crippen LogP contribution in [0.5, 0.6) is 5.75 Å². The molecule has 2 aromatic rings. The van der Waals surface area contributed by atoms with Crippen molar-refractivity contribution in [1.82, 2.24) is 0 Å². The van der Waals surface area contributed by atoms with Gasteiger partial charge < -0.3 is 4.74 Å². The van der Waals surface area contributed by atoms with Crippen LogP contribution in [-0.2, 0) is 11.2 Å². The molecule has 0 aromatic heterocycles. The van der Waals surface area contributed by atoms with E-state index in [1.807, 2.05) is 30.3 Å². The number of Topliss-reactive ketones (excluding diaryl/α,β-unsaturated/α-hetero) is 1. The highest BCUT2D eigenvalue weighted by atomic mass is 79.9. The topological polar surface area (TPSA) is 26.3 Å². The largest absolute Gasteiger partial charge is 0.493 e. The second-order valence-electron chi connectivity index (χ2n) is 4.34. The molecule has 0 fully saturated rings. The number of halogens is 2. The minimum atomic E-state index is -0.351. The second-order valence-corrected chi connectivity index (χ2v) is 5.13. The van der Waals surface area contributed by atoms with Gasteiger partial charge in [0.15, 0.2) is 0 Å². The maximum atomic E-state index is 13.3. The maximum Gasteiger partial charge on any atom is 0.140 e. The molecule has 2 aromatic carbocycles. The van der Waals surface area contributed by atoms with E-state index in [1.54, 1.807) is 12.1 Å². The smallest absolute Gasteiger partial charge is 0.140 e. The van der Waals surface area contributed by atoms with Crippen LogP contribution in [0.4, 0.5) is 4.39 Å². The van der Waals surface area contributed by atoms with Crippen molar-refractivity contribution < 1.29 is 13.9 Å². The molecule has 4 heteroatoms. The highest BCUT2D eigenvalue weighted by molar-refractivity contribution is 9.10. The Morgan fingerprint density at radius 2 is 1.85 bits per heavy atom. The van der Waals surface area contributed by atoms with Gasteiger partial charge in [-0.1, -0.05) is 30.3 Å². The fraction of sp³-hybridized carbons (Fsp3) is 0.188. The van der Waals surface area contributed by atoms with Gasteiger partial charge in [-0.2, -0.15) is 0 Å². The van der Waals surface area contributed by atoms with E-state index < -0.39 is 0 Å². The third-order valence-corrected chi connectivity index (χ3v) is 3.70. The predicted molar refractivity (Wildman–Crippen MR) is 79.4 cm³/mol. The van der Waals surface area contributed by atoms with E-state index in [1.165, 1.54) is 6.07 Å². The minimum Gasteiger partial charge on any atom is -0.493 e. The Balaban J connectivity index is 1.82. The van der Waals surface area contributed by atoms with Crippen LogP contribution < -0.4 is 4.74 Å². The first-order valence-corrected chi connectivity index (χ1v) is 7.08. The molecular formula is C16H14BrFO2. The number of para-hydroxylation sites is 1. The Labute approximate surface area is 125 Å². The fourth-order valence-electron chi connectivity index (χ4n) is 1.79. The van der Waals surface area contributed by atoms with E-state index in [9.17, 15) is 9.18 Å². The van der Waals surface area contributed by atoms with Crippen LogP contribution in [0.1, 0.15) is 12.0 Å². The molecule has 104 valence electrons. The number of hydrogen-bond acceptors (Lipinski definition) is 2. The standard InChI is InChI=1S/C16H14BrFO2/c17-16-12(5-4-8-15(16)18)11-13(19)9-10-20-14-6-2-1-3-7-14/h1-8H,9-11H2. The zero-order valence-electron chi connectivity index (χ0n) is 10.8. The maximum absolute atomic E-state index is 13.3. The van der Waals surface area contributed by atoms with Crippen molar-refractivity contribution in [2.75, 3.05) is 6.61 Å². The summed E-state index contributed by atoms with van der Waals surface area (Å²) in [5.41, 5.74) is 0.662. The van der Waals surface area contributed by atoms with Gasteiger partial charge in [-0.15, -0.1) is 0 Å². The Bertz CT molecular complexity index is 584. The molecule has 0 spiro atoms. The molecule has 2 nitrogen and oxygen atoms in total. The van der Waals surface area contributed by atoms with Crippen LogP contribution in [-0.4, -0.2) is 12.4 Å². The Kier molecular flexibility index (Phi) is 5.30. The lowest BCUT2D eigenvalue weighted by atomic mass is 10.1. The summed E-state index contributed by atoms with van der Waals surface area (Å²) in [7, 11) is 0. The van der Waals surface area contributed by atoms with Crippen LogP contribution in [0.15, 0.2) is 53.0 Å². The van der Waals surface area contributed by atoms with Crippen molar-refractivity contribution in [2.45, 2.75) is 12.8 Å². The average molecular weight is 337 g/mol. The summed E-state index contributed by atoms with van der Waals surface area (Å²) in [6.45, 7) is 0.329. The summed E-state index contributed by atoms with van der Waals surface area (Å²) in [6.07, 6.45) is 0.508. The van der Waals surface area contributed by atoms with E-state index in [4.69, 9.17) is 4.74 Å². The first-order chi connectivity index (χ1) is 9.66. The van der Waals surface area contributed by atoms with Gasteiger partial charge in [0.05, 0.1) is 11.1 Å². The van der Waals surface area contributed by atoms with Crippen LogP contribution >= 0.6 is 15.9 Å². The van der Waals surface area contributed by atoms with Gasteiger partial charge in [0.1, 0.15) is 17.3 Å². The molecule has 2 rings (SSSR count). The lowest BCUT2D eigenvalue weighted by Gasteiger charge is -2.07. The first kappa shape index (κ1) is 14.7. The average Bonchev–Trinajstić information content (AvgIpc) is 2.45. The molecule has 20 heavy (non-hydrogen) atoms. The molecule has 0 amide bonds. The first-order valence-electron chi connectivity index (χ1n) is 6.29. The van der Waals surface area contributed by atoms with Crippen LogP contribution in [0.3, 0.4) is 0 Å². The van der Waals surface area contributed by atoms with Crippen LogP contribution in [0, 0.1) is 5.82 Å². The predicted octanol–water partition coefficient (Wildman–Crippen LogP) is 4.17. The highest BCUT2D eigenvalue weighted by Gasteiger charge is 2.10. The SMILES string of the molecule is O=C(CCOc1ccccc1)Cc1cccc(F)c1Br. The van der Waals surface area contributed by atoms with Gasteiger partial charge in [-0.05, 0) is 39.7 Å². The Hall–Kier alpha value is -1.68. The van der Waals surface area contributed by atoms with Crippen LogP contribution in [0.25, 0.3) is 0 Å². The molecule has 0 heterocycles. The number of carbonyl (C=O) groups excluding carboxylic acids is 1. The third-order valence-electron chi connectivity index (χ3n) is 2.81. The van der Waals surface area contributed by atoms with Crippen molar-refractivity contribution in [3.05, 3.63) is 64.4 Å². The second kappa shape index (κ2) is 7.20. The highest BCUT2D eigenvalue weighted by Crippen LogP contribution is 2.21. The van der Waals surface area contributed by atoms with Gasteiger partial charge in [0.2, 0.25) is 0 Å². The van der Waals surface area contributed by atoms with E-state index in [0.29, 0.717) is 23.1 Å². The molecule has 0 unspecified atom stereocenters. The number of ether oxygens (including phenoxy) is 1. The van der Waals surface area contributed by atoms with Crippen molar-refractivity contribution in [1.29, 1.82) is 0 Å². The summed E-state index contributed by atoms with van der Waals surface area (Å²) in [5, 5.41) is 0. The summed E-state index contributed by atoms with van der Waals surface area (Å²) in [5.74, 6) is 0.412. The van der Waals surface area contributed by atoms with Gasteiger partial charge >= 0.3 is 0 Å². The number of ketones is 1. The number of hydrogen-bond donors (Lipinski definition) is 0. The van der Waals surface area contributed by atoms with Gasteiger partial charge in [-0.25, -0.2) is 4.39 Å². The van der Waals surface area contributed by atoms with E-state index in [-0.39, 0.29) is 18.0 Å². The minimum absolute atomic E-state index is 0.0206. The summed E-state index contributed by atoms with van der Waals surface area (Å²) in [4.78, 5) is 11.8.